The molecular formula is C18H23F2N3O2S. The molecule has 1 saturated heterocycles. The average Bonchev–Trinajstić information content (AvgIpc) is 2.87. The lowest BCUT2D eigenvalue weighted by molar-refractivity contribution is -0.130. The molecule has 3 rings (SSSR count). The summed E-state index contributed by atoms with van der Waals surface area (Å²) in [5, 5.41) is 3.16. The molecule has 1 aromatic carbocycles. The van der Waals surface area contributed by atoms with Gasteiger partial charge in [0.2, 0.25) is 5.91 Å². The Morgan fingerprint density at radius 3 is 2.50 bits per heavy atom. The van der Waals surface area contributed by atoms with Gasteiger partial charge in [0.25, 0.3) is 0 Å². The number of carbonyl (C=O) groups excluding carboxylic acids is 1. The predicted octanol–water partition coefficient (Wildman–Crippen LogP) is 3.65. The Kier molecular flexibility index (Phi) is 5.55. The summed E-state index contributed by atoms with van der Waals surface area (Å²) in [6.45, 7) is 9.34. The smallest absolute Gasteiger partial charge is 0.243 e. The number of morpholine rings is 1. The molecule has 0 aliphatic carbocycles. The number of rotatable bonds is 4. The lowest BCUT2D eigenvalue weighted by atomic mass is 10.00. The van der Waals surface area contributed by atoms with E-state index < -0.39 is 11.6 Å². The fourth-order valence-corrected chi connectivity index (χ4v) is 4.37. The standard InChI is InChI=1S/C18H23F2N3O2S/c1-9(2)16(23-7-10(3)25-11(4)8-23)17(24)22-18-21-14-5-12(19)13(20)6-15(14)26-18/h5-6,9-11,16H,7-8H2,1-4H3,(H,21,22,24). The minimum absolute atomic E-state index is 0.0567. The third-order valence-corrected chi connectivity index (χ3v) is 5.34. The highest BCUT2D eigenvalue weighted by molar-refractivity contribution is 7.22. The molecule has 0 spiro atoms. The lowest BCUT2D eigenvalue weighted by Gasteiger charge is -2.40. The molecule has 3 atom stereocenters. The van der Waals surface area contributed by atoms with Crippen LogP contribution in [0.5, 0.6) is 0 Å². The Morgan fingerprint density at radius 1 is 1.27 bits per heavy atom. The summed E-state index contributed by atoms with van der Waals surface area (Å²) in [7, 11) is 0. The van der Waals surface area contributed by atoms with Gasteiger partial charge in [0.15, 0.2) is 16.8 Å². The molecule has 8 heteroatoms. The quantitative estimate of drug-likeness (QED) is 0.876. The molecule has 0 radical (unpaired) electrons. The fourth-order valence-electron chi connectivity index (χ4n) is 3.49. The van der Waals surface area contributed by atoms with E-state index in [-0.39, 0.29) is 30.1 Å². The van der Waals surface area contributed by atoms with Gasteiger partial charge in [-0.2, -0.15) is 0 Å². The maximum absolute atomic E-state index is 13.4. The number of carbonyl (C=O) groups is 1. The van der Waals surface area contributed by atoms with Gasteiger partial charge >= 0.3 is 0 Å². The van der Waals surface area contributed by atoms with Gasteiger partial charge in [-0.05, 0) is 25.8 Å². The number of ether oxygens (including phenoxy) is 1. The molecule has 142 valence electrons. The first-order chi connectivity index (χ1) is 12.2. The first-order valence-corrected chi connectivity index (χ1v) is 9.52. The average molecular weight is 383 g/mol. The molecule has 1 aromatic heterocycles. The molecule has 26 heavy (non-hydrogen) atoms. The first-order valence-electron chi connectivity index (χ1n) is 8.70. The minimum Gasteiger partial charge on any atom is -0.373 e. The van der Waals surface area contributed by atoms with Crippen LogP contribution in [-0.4, -0.2) is 47.1 Å². The summed E-state index contributed by atoms with van der Waals surface area (Å²) in [4.78, 5) is 19.2. The van der Waals surface area contributed by atoms with E-state index in [1.54, 1.807) is 0 Å². The second-order valence-corrected chi connectivity index (χ2v) is 8.17. The van der Waals surface area contributed by atoms with Crippen molar-refractivity contribution in [1.82, 2.24) is 9.88 Å². The minimum atomic E-state index is -0.947. The molecule has 5 nitrogen and oxygen atoms in total. The van der Waals surface area contributed by atoms with Crippen molar-refractivity contribution in [3.63, 3.8) is 0 Å². The predicted molar refractivity (Wildman–Crippen MR) is 98.4 cm³/mol. The summed E-state index contributed by atoms with van der Waals surface area (Å²) < 4.78 is 33.0. The number of thiazole rings is 1. The second kappa shape index (κ2) is 7.54. The van der Waals surface area contributed by atoms with E-state index in [0.29, 0.717) is 28.4 Å². The summed E-state index contributed by atoms with van der Waals surface area (Å²) >= 11 is 1.13. The van der Waals surface area contributed by atoms with Crippen molar-refractivity contribution >= 4 is 32.6 Å². The van der Waals surface area contributed by atoms with E-state index in [1.165, 1.54) is 0 Å². The van der Waals surface area contributed by atoms with Gasteiger partial charge in [0, 0.05) is 19.2 Å². The lowest BCUT2D eigenvalue weighted by Crippen LogP contribution is -2.55. The Hall–Kier alpha value is -1.64. The Bertz CT molecular complexity index is 762. The van der Waals surface area contributed by atoms with Crippen LogP contribution in [0.15, 0.2) is 12.1 Å². The fraction of sp³-hybridized carbons (Fsp3) is 0.556. The second-order valence-electron chi connectivity index (χ2n) is 7.14. The number of fused-ring (bicyclic) bond motifs is 1. The molecular weight excluding hydrogens is 360 g/mol. The van der Waals surface area contributed by atoms with Crippen molar-refractivity contribution < 1.29 is 18.3 Å². The van der Waals surface area contributed by atoms with Gasteiger partial charge in [0.1, 0.15) is 0 Å². The zero-order valence-electron chi connectivity index (χ0n) is 15.3. The van der Waals surface area contributed by atoms with Crippen LogP contribution in [0.2, 0.25) is 0 Å². The summed E-state index contributed by atoms with van der Waals surface area (Å²) in [5.41, 5.74) is 0.332. The van der Waals surface area contributed by atoms with Crippen LogP contribution in [0.3, 0.4) is 0 Å². The maximum atomic E-state index is 13.4. The highest BCUT2D eigenvalue weighted by Crippen LogP contribution is 2.28. The highest BCUT2D eigenvalue weighted by Gasteiger charge is 2.34. The molecule has 1 amide bonds. The topological polar surface area (TPSA) is 54.5 Å². The first kappa shape index (κ1) is 19.1. The van der Waals surface area contributed by atoms with E-state index >= 15 is 0 Å². The number of hydrogen-bond acceptors (Lipinski definition) is 5. The zero-order chi connectivity index (χ0) is 19.0. The van der Waals surface area contributed by atoms with Crippen molar-refractivity contribution in [1.29, 1.82) is 0 Å². The number of nitrogens with one attached hydrogen (secondary N) is 1. The largest absolute Gasteiger partial charge is 0.373 e. The molecule has 0 saturated carbocycles. The van der Waals surface area contributed by atoms with Gasteiger partial charge in [0.05, 0.1) is 28.5 Å². The van der Waals surface area contributed by atoms with Crippen molar-refractivity contribution in [2.45, 2.75) is 45.9 Å². The van der Waals surface area contributed by atoms with Crippen molar-refractivity contribution in [2.75, 3.05) is 18.4 Å². The number of anilines is 1. The van der Waals surface area contributed by atoms with E-state index in [0.717, 1.165) is 23.5 Å². The zero-order valence-corrected chi connectivity index (χ0v) is 16.1. The van der Waals surface area contributed by atoms with Crippen molar-refractivity contribution in [3.05, 3.63) is 23.8 Å². The molecule has 1 aliphatic heterocycles. The number of amides is 1. The van der Waals surface area contributed by atoms with Gasteiger partial charge in [-0.15, -0.1) is 0 Å². The van der Waals surface area contributed by atoms with E-state index in [9.17, 15) is 13.6 Å². The number of hydrogen-bond donors (Lipinski definition) is 1. The molecule has 1 N–H and O–H groups in total. The van der Waals surface area contributed by atoms with Crippen LogP contribution in [-0.2, 0) is 9.53 Å². The van der Waals surface area contributed by atoms with Gasteiger partial charge in [-0.25, -0.2) is 13.8 Å². The van der Waals surface area contributed by atoms with Crippen molar-refractivity contribution in [3.8, 4) is 0 Å². The molecule has 2 aromatic rings. The van der Waals surface area contributed by atoms with E-state index in [1.807, 2.05) is 27.7 Å². The summed E-state index contributed by atoms with van der Waals surface area (Å²) in [5.74, 6) is -1.94. The van der Waals surface area contributed by atoms with Crippen LogP contribution in [0.4, 0.5) is 13.9 Å². The Labute approximate surface area is 155 Å². The number of benzene rings is 1. The number of nitrogens with zero attached hydrogens (tertiary/aromatic N) is 2. The van der Waals surface area contributed by atoms with E-state index in [2.05, 4.69) is 15.2 Å². The third-order valence-electron chi connectivity index (χ3n) is 4.40. The van der Waals surface area contributed by atoms with Crippen LogP contribution < -0.4 is 5.32 Å². The number of aromatic nitrogens is 1. The van der Waals surface area contributed by atoms with Crippen LogP contribution in [0, 0.1) is 17.6 Å². The number of halogens is 2. The Balaban J connectivity index is 1.80. The third kappa shape index (κ3) is 4.02. The van der Waals surface area contributed by atoms with Gasteiger partial charge in [-0.3, -0.25) is 9.69 Å². The Morgan fingerprint density at radius 2 is 1.88 bits per heavy atom. The van der Waals surface area contributed by atoms with E-state index in [4.69, 9.17) is 4.74 Å². The van der Waals surface area contributed by atoms with Crippen LogP contribution >= 0.6 is 11.3 Å². The SMILES string of the molecule is CC1CN(C(C(=O)Nc2nc3cc(F)c(F)cc3s2)C(C)C)CC(C)O1. The summed E-state index contributed by atoms with van der Waals surface area (Å²) in [6.07, 6.45) is 0.113. The molecule has 2 heterocycles. The van der Waals surface area contributed by atoms with Crippen molar-refractivity contribution in [2.24, 2.45) is 5.92 Å². The monoisotopic (exact) mass is 383 g/mol. The molecule has 3 unspecified atom stereocenters. The highest BCUT2D eigenvalue weighted by atomic mass is 32.1. The maximum Gasteiger partial charge on any atom is 0.243 e. The normalized spacial score (nSPS) is 22.7. The molecule has 1 aliphatic rings. The molecule has 1 fully saturated rings. The van der Waals surface area contributed by atoms with Crippen LogP contribution in [0.1, 0.15) is 27.7 Å². The van der Waals surface area contributed by atoms with Gasteiger partial charge < -0.3 is 10.1 Å². The van der Waals surface area contributed by atoms with Crippen LogP contribution in [0.25, 0.3) is 10.2 Å². The van der Waals surface area contributed by atoms with Gasteiger partial charge in [-0.1, -0.05) is 25.2 Å². The summed E-state index contributed by atoms with van der Waals surface area (Å²) in [6, 6.07) is 1.81. The molecule has 0 bridgehead atoms.